The van der Waals surface area contributed by atoms with Gasteiger partial charge in [0, 0.05) is 6.42 Å². The van der Waals surface area contributed by atoms with Crippen LogP contribution in [0.2, 0.25) is 0 Å². The number of quaternary nitrogens is 1. The van der Waals surface area contributed by atoms with Crippen molar-refractivity contribution in [3.05, 3.63) is 40.1 Å². The first kappa shape index (κ1) is 8.20. The number of H-pyrrole nitrogens is 1. The average Bonchev–Trinajstić information content (AvgIpc) is 2.88. The molecule has 0 saturated carbocycles. The molecule has 0 aromatic carbocycles. The Bertz CT molecular complexity index is 418. The molecule has 0 unspecified atom stereocenters. The van der Waals surface area contributed by atoms with Crippen LogP contribution in [0.1, 0.15) is 22.3 Å². The third-order valence-corrected chi connectivity index (χ3v) is 3.65. The van der Waals surface area contributed by atoms with Crippen molar-refractivity contribution in [2.24, 2.45) is 0 Å². The first-order valence-electron chi connectivity index (χ1n) is 4.84. The molecule has 1 aliphatic rings. The van der Waals surface area contributed by atoms with Crippen molar-refractivity contribution in [1.29, 1.82) is 0 Å². The molecule has 0 bridgehead atoms. The standard InChI is InChI=1S/C10H11N3S/c1-2-8(14-5-1)10-9-7(3-4-11-10)12-6-13-9/h1-2,5-6,10-11H,3-4H2,(H,12,13)/p+1/t10-/m1/s1. The van der Waals surface area contributed by atoms with Gasteiger partial charge in [-0.25, -0.2) is 4.98 Å². The molecule has 0 aliphatic carbocycles. The van der Waals surface area contributed by atoms with Crippen molar-refractivity contribution in [2.75, 3.05) is 6.54 Å². The van der Waals surface area contributed by atoms with Crippen molar-refractivity contribution >= 4 is 11.3 Å². The number of nitrogens with one attached hydrogen (secondary N) is 1. The van der Waals surface area contributed by atoms with Crippen LogP contribution in [-0.4, -0.2) is 16.5 Å². The van der Waals surface area contributed by atoms with Gasteiger partial charge in [0.2, 0.25) is 0 Å². The van der Waals surface area contributed by atoms with Crippen LogP contribution in [0.25, 0.3) is 0 Å². The van der Waals surface area contributed by atoms with Crippen LogP contribution >= 0.6 is 11.3 Å². The Balaban J connectivity index is 2.04. The Morgan fingerprint density at radius 2 is 2.57 bits per heavy atom. The average molecular weight is 206 g/mol. The van der Waals surface area contributed by atoms with E-state index in [1.165, 1.54) is 16.3 Å². The zero-order chi connectivity index (χ0) is 9.38. The second-order valence-electron chi connectivity index (χ2n) is 3.53. The number of hydrogen-bond acceptors (Lipinski definition) is 2. The molecular weight excluding hydrogens is 194 g/mol. The molecule has 2 aromatic heterocycles. The number of fused-ring (bicyclic) bond motifs is 1. The van der Waals surface area contributed by atoms with Crippen LogP contribution in [0.15, 0.2) is 23.8 Å². The molecule has 14 heavy (non-hydrogen) atoms. The lowest BCUT2D eigenvalue weighted by molar-refractivity contribution is -0.690. The fourth-order valence-corrected chi connectivity index (χ4v) is 2.86. The van der Waals surface area contributed by atoms with Crippen molar-refractivity contribution in [1.82, 2.24) is 9.97 Å². The number of nitrogens with zero attached hydrogens (tertiary/aromatic N) is 1. The van der Waals surface area contributed by atoms with E-state index in [4.69, 9.17) is 0 Å². The molecule has 0 spiro atoms. The Hall–Kier alpha value is -1.13. The van der Waals surface area contributed by atoms with Gasteiger partial charge in [0.15, 0.2) is 6.04 Å². The van der Waals surface area contributed by atoms with Gasteiger partial charge in [-0.1, -0.05) is 6.07 Å². The monoisotopic (exact) mass is 206 g/mol. The zero-order valence-electron chi connectivity index (χ0n) is 7.73. The summed E-state index contributed by atoms with van der Waals surface area (Å²) < 4.78 is 0. The van der Waals surface area contributed by atoms with E-state index in [1.54, 1.807) is 0 Å². The molecule has 3 nitrogen and oxygen atoms in total. The van der Waals surface area contributed by atoms with Gasteiger partial charge in [-0.3, -0.25) is 0 Å². The van der Waals surface area contributed by atoms with Crippen LogP contribution in [0, 0.1) is 0 Å². The fraction of sp³-hybridized carbons (Fsp3) is 0.300. The minimum Gasteiger partial charge on any atom is -0.343 e. The number of hydrogen-bond donors (Lipinski definition) is 2. The topological polar surface area (TPSA) is 45.3 Å². The summed E-state index contributed by atoms with van der Waals surface area (Å²) in [4.78, 5) is 9.02. The highest BCUT2D eigenvalue weighted by molar-refractivity contribution is 7.10. The molecule has 0 radical (unpaired) electrons. The molecule has 3 N–H and O–H groups in total. The largest absolute Gasteiger partial charge is 0.343 e. The highest BCUT2D eigenvalue weighted by atomic mass is 32.1. The van der Waals surface area contributed by atoms with E-state index in [9.17, 15) is 0 Å². The molecule has 72 valence electrons. The summed E-state index contributed by atoms with van der Waals surface area (Å²) in [5, 5.41) is 4.51. The predicted octanol–water partition coefficient (Wildman–Crippen LogP) is 0.680. The minimum absolute atomic E-state index is 0.446. The maximum absolute atomic E-state index is 4.35. The Morgan fingerprint density at radius 1 is 1.57 bits per heavy atom. The first-order valence-corrected chi connectivity index (χ1v) is 5.72. The highest BCUT2D eigenvalue weighted by Gasteiger charge is 2.27. The minimum atomic E-state index is 0.446. The normalized spacial score (nSPS) is 20.7. The maximum Gasteiger partial charge on any atom is 0.163 e. The number of imidazole rings is 1. The Labute approximate surface area is 86.2 Å². The van der Waals surface area contributed by atoms with Crippen molar-refractivity contribution in [2.45, 2.75) is 12.5 Å². The predicted molar refractivity (Wildman–Crippen MR) is 55.2 cm³/mol. The number of aromatic amines is 1. The molecular formula is C10H12N3S+. The third-order valence-electron chi connectivity index (χ3n) is 2.70. The maximum atomic E-state index is 4.35. The Kier molecular flexibility index (Phi) is 1.89. The summed E-state index contributed by atoms with van der Waals surface area (Å²) in [5.41, 5.74) is 2.53. The zero-order valence-corrected chi connectivity index (χ0v) is 8.55. The lowest BCUT2D eigenvalue weighted by Gasteiger charge is -2.18. The van der Waals surface area contributed by atoms with Gasteiger partial charge >= 0.3 is 0 Å². The van der Waals surface area contributed by atoms with E-state index in [-0.39, 0.29) is 0 Å². The van der Waals surface area contributed by atoms with Crippen LogP contribution in [-0.2, 0) is 6.42 Å². The van der Waals surface area contributed by atoms with Gasteiger partial charge in [0.1, 0.15) is 5.69 Å². The molecule has 0 amide bonds. The lowest BCUT2D eigenvalue weighted by Crippen LogP contribution is -2.87. The van der Waals surface area contributed by atoms with E-state index < -0.39 is 0 Å². The summed E-state index contributed by atoms with van der Waals surface area (Å²) in [7, 11) is 0. The molecule has 3 heterocycles. The van der Waals surface area contributed by atoms with E-state index in [2.05, 4.69) is 32.8 Å². The summed E-state index contributed by atoms with van der Waals surface area (Å²) in [5.74, 6) is 0. The van der Waals surface area contributed by atoms with Gasteiger partial charge in [0.25, 0.3) is 0 Å². The van der Waals surface area contributed by atoms with E-state index in [0.717, 1.165) is 13.0 Å². The smallest absolute Gasteiger partial charge is 0.163 e. The van der Waals surface area contributed by atoms with E-state index in [0.29, 0.717) is 6.04 Å². The molecule has 4 heteroatoms. The number of nitrogens with two attached hydrogens (primary N) is 1. The Morgan fingerprint density at radius 3 is 3.43 bits per heavy atom. The van der Waals surface area contributed by atoms with Crippen molar-refractivity contribution in [3.63, 3.8) is 0 Å². The van der Waals surface area contributed by atoms with Crippen molar-refractivity contribution < 1.29 is 5.32 Å². The van der Waals surface area contributed by atoms with Crippen LogP contribution in [0.4, 0.5) is 0 Å². The van der Waals surface area contributed by atoms with Crippen LogP contribution in [0.5, 0.6) is 0 Å². The van der Waals surface area contributed by atoms with Crippen molar-refractivity contribution in [3.8, 4) is 0 Å². The molecule has 0 fully saturated rings. The molecule has 1 aliphatic heterocycles. The highest BCUT2D eigenvalue weighted by Crippen LogP contribution is 2.24. The summed E-state index contributed by atoms with van der Waals surface area (Å²) >= 11 is 1.82. The molecule has 0 saturated heterocycles. The summed E-state index contributed by atoms with van der Waals surface area (Å²) in [6.45, 7) is 1.14. The molecule has 2 aromatic rings. The fourth-order valence-electron chi connectivity index (χ4n) is 2.03. The van der Waals surface area contributed by atoms with Gasteiger partial charge in [0.05, 0.1) is 23.4 Å². The van der Waals surface area contributed by atoms with Gasteiger partial charge in [-0.15, -0.1) is 11.3 Å². The third kappa shape index (κ3) is 1.19. The van der Waals surface area contributed by atoms with Gasteiger partial charge < -0.3 is 10.3 Å². The van der Waals surface area contributed by atoms with Crippen LogP contribution < -0.4 is 5.32 Å². The number of aromatic nitrogens is 2. The number of rotatable bonds is 1. The summed E-state index contributed by atoms with van der Waals surface area (Å²) in [6.07, 6.45) is 2.89. The lowest BCUT2D eigenvalue weighted by atomic mass is 10.0. The second kappa shape index (κ2) is 3.22. The van der Waals surface area contributed by atoms with Crippen LogP contribution in [0.3, 0.4) is 0 Å². The van der Waals surface area contributed by atoms with E-state index >= 15 is 0 Å². The quantitative estimate of drug-likeness (QED) is 0.708. The van der Waals surface area contributed by atoms with E-state index in [1.807, 2.05) is 17.7 Å². The van der Waals surface area contributed by atoms with Gasteiger partial charge in [-0.05, 0) is 11.4 Å². The second-order valence-corrected chi connectivity index (χ2v) is 4.51. The first-order chi connectivity index (χ1) is 6.95. The number of thiophene rings is 1. The SMILES string of the molecule is c1csc([C@H]2[NH2+]CCc3nc[nH]c32)c1. The molecule has 1 atom stereocenters. The molecule has 3 rings (SSSR count). The summed E-state index contributed by atoms with van der Waals surface area (Å²) in [6, 6.07) is 4.75. The van der Waals surface area contributed by atoms with Gasteiger partial charge in [-0.2, -0.15) is 0 Å².